The van der Waals surface area contributed by atoms with E-state index in [4.69, 9.17) is 5.11 Å². The number of carbonyl (C=O) groups is 2. The van der Waals surface area contributed by atoms with Gasteiger partial charge in [-0.2, -0.15) is 0 Å². The van der Waals surface area contributed by atoms with Crippen LogP contribution in [-0.2, 0) is 26.0 Å². The quantitative estimate of drug-likeness (QED) is 0.712. The Morgan fingerprint density at radius 3 is 2.42 bits per heavy atom. The molecular weight excluding hydrogens is 376 g/mol. The summed E-state index contributed by atoms with van der Waals surface area (Å²) in [6.45, 7) is 1.67. The number of amides is 1. The van der Waals surface area contributed by atoms with Gasteiger partial charge < -0.3 is 10.0 Å². The first-order chi connectivity index (χ1) is 12.2. The molecule has 0 radical (unpaired) electrons. The molecule has 26 heavy (non-hydrogen) atoms. The summed E-state index contributed by atoms with van der Waals surface area (Å²) in [5, 5.41) is 10.6. The SMILES string of the molecule is CC(CN(C)C(=O)Cc1ccc(NS(=O)(=O)c2cccs2)cc1)C(=O)O. The number of rotatable bonds is 8. The summed E-state index contributed by atoms with van der Waals surface area (Å²) in [7, 11) is -2.04. The van der Waals surface area contributed by atoms with Gasteiger partial charge in [-0.05, 0) is 29.1 Å². The molecule has 1 atom stereocenters. The van der Waals surface area contributed by atoms with E-state index in [1.807, 2.05) is 0 Å². The third kappa shape index (κ3) is 5.30. The second-order valence-electron chi connectivity index (χ2n) is 5.92. The van der Waals surface area contributed by atoms with Crippen molar-refractivity contribution in [3.63, 3.8) is 0 Å². The number of likely N-dealkylation sites (N-methyl/N-ethyl adjacent to an activating group) is 1. The van der Waals surface area contributed by atoms with Crippen LogP contribution in [0.1, 0.15) is 12.5 Å². The molecule has 0 aliphatic rings. The van der Waals surface area contributed by atoms with Crippen molar-refractivity contribution in [3.05, 3.63) is 47.3 Å². The van der Waals surface area contributed by atoms with Crippen molar-refractivity contribution in [2.75, 3.05) is 18.3 Å². The van der Waals surface area contributed by atoms with E-state index < -0.39 is 21.9 Å². The molecule has 140 valence electrons. The van der Waals surface area contributed by atoms with Crippen LogP contribution in [0, 0.1) is 5.92 Å². The highest BCUT2D eigenvalue weighted by Gasteiger charge is 2.18. The van der Waals surface area contributed by atoms with Crippen LogP contribution in [0.25, 0.3) is 0 Å². The summed E-state index contributed by atoms with van der Waals surface area (Å²) in [6, 6.07) is 9.70. The molecule has 0 saturated carbocycles. The lowest BCUT2D eigenvalue weighted by atomic mass is 10.1. The van der Waals surface area contributed by atoms with Gasteiger partial charge in [-0.3, -0.25) is 14.3 Å². The minimum atomic E-state index is -3.60. The van der Waals surface area contributed by atoms with E-state index in [1.54, 1.807) is 49.7 Å². The van der Waals surface area contributed by atoms with Crippen LogP contribution in [0.5, 0.6) is 0 Å². The molecule has 0 fully saturated rings. The van der Waals surface area contributed by atoms with Crippen molar-refractivity contribution in [3.8, 4) is 0 Å². The molecular formula is C17H20N2O5S2. The van der Waals surface area contributed by atoms with Crippen molar-refractivity contribution >= 4 is 38.9 Å². The maximum absolute atomic E-state index is 12.2. The lowest BCUT2D eigenvalue weighted by Gasteiger charge is -2.19. The Morgan fingerprint density at radius 2 is 1.88 bits per heavy atom. The summed E-state index contributed by atoms with van der Waals surface area (Å²) in [6.07, 6.45) is 0.112. The molecule has 7 nitrogen and oxygen atoms in total. The van der Waals surface area contributed by atoms with Crippen LogP contribution in [0.15, 0.2) is 46.0 Å². The van der Waals surface area contributed by atoms with Crippen molar-refractivity contribution in [2.45, 2.75) is 17.6 Å². The van der Waals surface area contributed by atoms with Gasteiger partial charge in [0.2, 0.25) is 5.91 Å². The molecule has 0 aliphatic carbocycles. The van der Waals surface area contributed by atoms with E-state index in [9.17, 15) is 18.0 Å². The molecule has 0 spiro atoms. The van der Waals surface area contributed by atoms with E-state index in [1.165, 1.54) is 11.0 Å². The molecule has 0 saturated heterocycles. The average Bonchev–Trinajstić information content (AvgIpc) is 3.11. The zero-order valence-corrected chi connectivity index (χ0v) is 16.0. The van der Waals surface area contributed by atoms with Crippen LogP contribution in [0.2, 0.25) is 0 Å². The van der Waals surface area contributed by atoms with Gasteiger partial charge in [0.15, 0.2) is 0 Å². The van der Waals surface area contributed by atoms with E-state index in [2.05, 4.69) is 4.72 Å². The lowest BCUT2D eigenvalue weighted by Crippen LogP contribution is -2.34. The van der Waals surface area contributed by atoms with Crippen molar-refractivity contribution in [1.82, 2.24) is 4.90 Å². The molecule has 2 rings (SSSR count). The zero-order valence-electron chi connectivity index (χ0n) is 14.4. The number of carboxylic acid groups (broad SMARTS) is 1. The number of sulfonamides is 1. The van der Waals surface area contributed by atoms with Crippen LogP contribution in [-0.4, -0.2) is 43.9 Å². The summed E-state index contributed by atoms with van der Waals surface area (Å²) in [5.41, 5.74) is 1.12. The van der Waals surface area contributed by atoms with Crippen LogP contribution < -0.4 is 4.72 Å². The van der Waals surface area contributed by atoms with Gasteiger partial charge in [-0.25, -0.2) is 8.42 Å². The van der Waals surface area contributed by atoms with E-state index in [0.29, 0.717) is 11.3 Å². The second-order valence-corrected chi connectivity index (χ2v) is 8.78. The molecule has 2 aromatic rings. The number of benzene rings is 1. The van der Waals surface area contributed by atoms with Gasteiger partial charge >= 0.3 is 5.97 Å². The van der Waals surface area contributed by atoms with E-state index in [0.717, 1.165) is 11.3 Å². The van der Waals surface area contributed by atoms with Gasteiger partial charge in [-0.15, -0.1) is 11.3 Å². The van der Waals surface area contributed by atoms with Gasteiger partial charge in [0.05, 0.1) is 12.3 Å². The van der Waals surface area contributed by atoms with Crippen LogP contribution in [0.4, 0.5) is 5.69 Å². The summed E-state index contributed by atoms with van der Waals surface area (Å²) >= 11 is 1.13. The fourth-order valence-corrected chi connectivity index (χ4v) is 4.26. The third-order valence-electron chi connectivity index (χ3n) is 3.72. The third-order valence-corrected chi connectivity index (χ3v) is 6.50. The van der Waals surface area contributed by atoms with E-state index in [-0.39, 0.29) is 23.1 Å². The van der Waals surface area contributed by atoms with Gasteiger partial charge in [0.1, 0.15) is 4.21 Å². The van der Waals surface area contributed by atoms with Crippen LogP contribution in [0.3, 0.4) is 0 Å². The first-order valence-corrected chi connectivity index (χ1v) is 10.2. The zero-order chi connectivity index (χ0) is 19.3. The summed E-state index contributed by atoms with van der Waals surface area (Å²) in [4.78, 5) is 24.4. The number of carbonyl (C=O) groups excluding carboxylic acids is 1. The average molecular weight is 396 g/mol. The largest absolute Gasteiger partial charge is 0.481 e. The fraction of sp³-hybridized carbons (Fsp3) is 0.294. The minimum Gasteiger partial charge on any atom is -0.481 e. The molecule has 2 N–H and O–H groups in total. The van der Waals surface area contributed by atoms with Crippen molar-refractivity contribution < 1.29 is 23.1 Å². The number of hydrogen-bond donors (Lipinski definition) is 2. The standard InChI is InChI=1S/C17H20N2O5S2/c1-12(17(21)22)11-19(2)15(20)10-13-5-7-14(8-6-13)18-26(23,24)16-4-3-9-25-16/h3-9,12,18H,10-11H2,1-2H3,(H,21,22). The predicted molar refractivity (Wildman–Crippen MR) is 99.7 cm³/mol. The maximum atomic E-state index is 12.2. The number of thiophene rings is 1. The molecule has 1 heterocycles. The van der Waals surface area contributed by atoms with E-state index >= 15 is 0 Å². The Labute approximate surface area is 156 Å². The van der Waals surface area contributed by atoms with Gasteiger partial charge in [0, 0.05) is 19.3 Å². The van der Waals surface area contributed by atoms with Gasteiger partial charge in [-0.1, -0.05) is 25.1 Å². The number of anilines is 1. The monoisotopic (exact) mass is 396 g/mol. The Balaban J connectivity index is 1.97. The molecule has 1 amide bonds. The summed E-state index contributed by atoms with van der Waals surface area (Å²) in [5.74, 6) is -1.80. The molecule has 1 unspecified atom stereocenters. The highest BCUT2D eigenvalue weighted by molar-refractivity contribution is 7.94. The molecule has 1 aromatic heterocycles. The Morgan fingerprint density at radius 1 is 1.23 bits per heavy atom. The molecule has 9 heteroatoms. The number of nitrogens with one attached hydrogen (secondary N) is 1. The Hall–Kier alpha value is -2.39. The molecule has 1 aromatic carbocycles. The predicted octanol–water partition coefficient (Wildman–Crippen LogP) is 2.27. The Kier molecular flexibility index (Phi) is 6.38. The summed E-state index contributed by atoms with van der Waals surface area (Å²) < 4.78 is 27.0. The number of hydrogen-bond acceptors (Lipinski definition) is 5. The molecule has 0 aliphatic heterocycles. The first kappa shape index (κ1) is 19.9. The fourth-order valence-electron chi connectivity index (χ4n) is 2.21. The number of aliphatic carboxylic acids is 1. The highest BCUT2D eigenvalue weighted by Crippen LogP contribution is 2.20. The van der Waals surface area contributed by atoms with Crippen LogP contribution >= 0.6 is 11.3 Å². The van der Waals surface area contributed by atoms with Gasteiger partial charge in [0.25, 0.3) is 10.0 Å². The number of nitrogens with zero attached hydrogens (tertiary/aromatic N) is 1. The minimum absolute atomic E-state index is 0.112. The number of carboxylic acids is 1. The second kappa shape index (κ2) is 8.33. The first-order valence-electron chi connectivity index (χ1n) is 7.81. The van der Waals surface area contributed by atoms with Crippen molar-refractivity contribution in [2.24, 2.45) is 5.92 Å². The van der Waals surface area contributed by atoms with Crippen molar-refractivity contribution in [1.29, 1.82) is 0 Å². The highest BCUT2D eigenvalue weighted by atomic mass is 32.2. The normalized spacial score (nSPS) is 12.4. The molecule has 0 bridgehead atoms. The maximum Gasteiger partial charge on any atom is 0.308 e. The smallest absolute Gasteiger partial charge is 0.308 e. The Bertz CT molecular complexity index is 861. The topological polar surface area (TPSA) is 104 Å². The lowest BCUT2D eigenvalue weighted by molar-refractivity contribution is -0.142.